The Morgan fingerprint density at radius 2 is 1.47 bits per heavy atom. The number of carbonyl (C=O) groups is 2. The summed E-state index contributed by atoms with van der Waals surface area (Å²) in [7, 11) is 1.62. The van der Waals surface area contributed by atoms with Crippen LogP contribution in [-0.2, 0) is 22.7 Å². The highest BCUT2D eigenvalue weighted by Gasteiger charge is 2.29. The first kappa shape index (κ1) is 21.1. The van der Waals surface area contributed by atoms with Gasteiger partial charge in [0.1, 0.15) is 11.8 Å². The molecule has 0 aromatic heterocycles. The van der Waals surface area contributed by atoms with Crippen LogP contribution < -0.4 is 10.1 Å². The predicted molar refractivity (Wildman–Crippen MR) is 117 cm³/mol. The number of benzene rings is 3. The highest BCUT2D eigenvalue weighted by molar-refractivity contribution is 5.88. The lowest BCUT2D eigenvalue weighted by Crippen LogP contribution is -2.42. The molecule has 0 saturated carbocycles. The first-order valence-electron chi connectivity index (χ1n) is 9.85. The van der Waals surface area contributed by atoms with Gasteiger partial charge in [-0.25, -0.2) is 0 Å². The molecule has 0 fully saturated rings. The van der Waals surface area contributed by atoms with E-state index in [1.807, 2.05) is 84.9 Å². The lowest BCUT2D eigenvalue weighted by atomic mass is 10.0. The van der Waals surface area contributed by atoms with E-state index >= 15 is 0 Å². The fourth-order valence-electron chi connectivity index (χ4n) is 3.30. The van der Waals surface area contributed by atoms with Crippen LogP contribution in [0.4, 0.5) is 0 Å². The molecule has 0 aliphatic carbocycles. The van der Waals surface area contributed by atoms with Gasteiger partial charge in [-0.05, 0) is 28.8 Å². The first-order chi connectivity index (χ1) is 14.6. The summed E-state index contributed by atoms with van der Waals surface area (Å²) < 4.78 is 5.17. The Bertz CT molecular complexity index is 957. The minimum Gasteiger partial charge on any atom is -0.497 e. The van der Waals surface area contributed by atoms with E-state index in [0.717, 1.165) is 22.4 Å². The van der Waals surface area contributed by atoms with Crippen molar-refractivity contribution in [2.75, 3.05) is 7.11 Å². The molecule has 5 heteroatoms. The lowest BCUT2D eigenvalue weighted by Gasteiger charge is -2.30. The van der Waals surface area contributed by atoms with E-state index in [2.05, 4.69) is 5.32 Å². The average Bonchev–Trinajstić information content (AvgIpc) is 2.79. The highest BCUT2D eigenvalue weighted by atomic mass is 16.5. The molecular formula is C25H26N2O3. The molecular weight excluding hydrogens is 376 g/mol. The molecule has 5 nitrogen and oxygen atoms in total. The van der Waals surface area contributed by atoms with Crippen LogP contribution >= 0.6 is 0 Å². The maximum Gasteiger partial charge on any atom is 0.247 e. The molecule has 0 heterocycles. The zero-order valence-corrected chi connectivity index (χ0v) is 17.2. The summed E-state index contributed by atoms with van der Waals surface area (Å²) in [4.78, 5) is 27.4. The summed E-state index contributed by atoms with van der Waals surface area (Å²) in [5.74, 6) is 0.383. The van der Waals surface area contributed by atoms with Gasteiger partial charge in [0, 0.05) is 20.0 Å². The van der Waals surface area contributed by atoms with Gasteiger partial charge in [0.2, 0.25) is 11.8 Å². The summed E-state index contributed by atoms with van der Waals surface area (Å²) >= 11 is 0. The number of nitrogens with zero attached hydrogens (tertiary/aromatic N) is 1. The highest BCUT2D eigenvalue weighted by Crippen LogP contribution is 2.24. The second-order valence-corrected chi connectivity index (χ2v) is 7.01. The lowest BCUT2D eigenvalue weighted by molar-refractivity contribution is -0.140. The molecule has 1 atom stereocenters. The van der Waals surface area contributed by atoms with Crippen molar-refractivity contribution in [1.29, 1.82) is 0 Å². The molecule has 3 rings (SSSR count). The van der Waals surface area contributed by atoms with Crippen LogP contribution in [0.25, 0.3) is 0 Å². The molecule has 2 amide bonds. The molecule has 0 radical (unpaired) electrons. The average molecular weight is 402 g/mol. The number of amides is 2. The monoisotopic (exact) mass is 402 g/mol. The van der Waals surface area contributed by atoms with E-state index < -0.39 is 6.04 Å². The minimum atomic E-state index is -0.720. The fourth-order valence-corrected chi connectivity index (χ4v) is 3.30. The van der Waals surface area contributed by atoms with Gasteiger partial charge in [0.25, 0.3) is 0 Å². The molecule has 0 unspecified atom stereocenters. The quantitative estimate of drug-likeness (QED) is 0.617. The van der Waals surface area contributed by atoms with Crippen molar-refractivity contribution in [3.8, 4) is 5.75 Å². The minimum absolute atomic E-state index is 0.160. The number of nitrogens with one attached hydrogen (secondary N) is 1. The van der Waals surface area contributed by atoms with Crippen molar-refractivity contribution in [2.24, 2.45) is 0 Å². The van der Waals surface area contributed by atoms with Gasteiger partial charge in [-0.15, -0.1) is 0 Å². The molecule has 30 heavy (non-hydrogen) atoms. The van der Waals surface area contributed by atoms with E-state index in [1.54, 1.807) is 12.0 Å². The predicted octanol–water partition coefficient (Wildman–Crippen LogP) is 4.10. The van der Waals surface area contributed by atoms with Gasteiger partial charge < -0.3 is 15.0 Å². The third-order valence-electron chi connectivity index (χ3n) is 4.90. The standard InChI is InChI=1S/C25H26N2O3/c1-19(28)27(18-21-9-5-3-6-10-21)24(22-11-7-4-8-12-22)25(29)26-17-20-13-15-23(30-2)16-14-20/h3-16,24H,17-18H2,1-2H3,(H,26,29)/t24-/m1/s1. The summed E-state index contributed by atoms with van der Waals surface area (Å²) in [6.45, 7) is 2.21. The summed E-state index contributed by atoms with van der Waals surface area (Å²) in [6.07, 6.45) is 0. The van der Waals surface area contributed by atoms with Crippen molar-refractivity contribution in [1.82, 2.24) is 10.2 Å². The Kier molecular flexibility index (Phi) is 7.22. The Morgan fingerprint density at radius 3 is 2.03 bits per heavy atom. The summed E-state index contributed by atoms with van der Waals surface area (Å²) in [6, 6.07) is 25.9. The topological polar surface area (TPSA) is 58.6 Å². The maximum atomic E-state index is 13.2. The third-order valence-corrected chi connectivity index (χ3v) is 4.90. The van der Waals surface area contributed by atoms with E-state index in [4.69, 9.17) is 4.74 Å². The number of hydrogen-bond acceptors (Lipinski definition) is 3. The van der Waals surface area contributed by atoms with E-state index in [1.165, 1.54) is 6.92 Å². The van der Waals surface area contributed by atoms with Crippen LogP contribution in [0.5, 0.6) is 5.75 Å². The maximum absolute atomic E-state index is 13.2. The molecule has 3 aromatic carbocycles. The largest absolute Gasteiger partial charge is 0.497 e. The second kappa shape index (κ2) is 10.3. The van der Waals surface area contributed by atoms with Crippen molar-refractivity contribution < 1.29 is 14.3 Å². The van der Waals surface area contributed by atoms with Crippen LogP contribution in [0.2, 0.25) is 0 Å². The van der Waals surface area contributed by atoms with Crippen LogP contribution in [0.3, 0.4) is 0 Å². The molecule has 0 aliphatic rings. The zero-order valence-electron chi connectivity index (χ0n) is 17.2. The van der Waals surface area contributed by atoms with Crippen LogP contribution in [0.15, 0.2) is 84.9 Å². The zero-order chi connectivity index (χ0) is 21.3. The number of rotatable bonds is 8. The summed E-state index contributed by atoms with van der Waals surface area (Å²) in [5, 5.41) is 2.98. The van der Waals surface area contributed by atoms with Gasteiger partial charge in [-0.1, -0.05) is 72.8 Å². The van der Waals surface area contributed by atoms with Gasteiger partial charge in [-0.3, -0.25) is 9.59 Å². The van der Waals surface area contributed by atoms with E-state index in [9.17, 15) is 9.59 Å². The van der Waals surface area contributed by atoms with Crippen molar-refractivity contribution in [2.45, 2.75) is 26.1 Å². The smallest absolute Gasteiger partial charge is 0.247 e. The molecule has 0 aliphatic heterocycles. The van der Waals surface area contributed by atoms with Crippen LogP contribution in [0.1, 0.15) is 29.7 Å². The van der Waals surface area contributed by atoms with E-state index in [0.29, 0.717) is 13.1 Å². The molecule has 3 aromatic rings. The SMILES string of the molecule is COc1ccc(CNC(=O)[C@@H](c2ccccc2)N(Cc2ccccc2)C(C)=O)cc1. The van der Waals surface area contributed by atoms with Crippen molar-refractivity contribution in [3.63, 3.8) is 0 Å². The third kappa shape index (κ3) is 5.47. The first-order valence-corrected chi connectivity index (χ1v) is 9.85. The van der Waals surface area contributed by atoms with Gasteiger partial charge >= 0.3 is 0 Å². The second-order valence-electron chi connectivity index (χ2n) is 7.01. The van der Waals surface area contributed by atoms with Crippen molar-refractivity contribution in [3.05, 3.63) is 102 Å². The van der Waals surface area contributed by atoms with Gasteiger partial charge in [-0.2, -0.15) is 0 Å². The van der Waals surface area contributed by atoms with Gasteiger partial charge in [0.05, 0.1) is 7.11 Å². The molecule has 154 valence electrons. The molecule has 0 saturated heterocycles. The Labute approximate surface area is 177 Å². The fraction of sp³-hybridized carbons (Fsp3) is 0.200. The van der Waals surface area contributed by atoms with Crippen molar-refractivity contribution >= 4 is 11.8 Å². The molecule has 1 N–H and O–H groups in total. The summed E-state index contributed by atoms with van der Waals surface area (Å²) in [5.41, 5.74) is 2.70. The number of methoxy groups -OCH3 is 1. The Balaban J connectivity index is 1.83. The number of ether oxygens (including phenoxy) is 1. The van der Waals surface area contributed by atoms with Crippen LogP contribution in [-0.4, -0.2) is 23.8 Å². The normalized spacial score (nSPS) is 11.4. The Morgan fingerprint density at radius 1 is 0.867 bits per heavy atom. The Hall–Kier alpha value is -3.60. The number of hydrogen-bond donors (Lipinski definition) is 1. The molecule has 0 spiro atoms. The number of carbonyl (C=O) groups excluding carboxylic acids is 2. The van der Waals surface area contributed by atoms with Gasteiger partial charge in [0.15, 0.2) is 0 Å². The molecule has 0 bridgehead atoms. The van der Waals surface area contributed by atoms with Crippen LogP contribution in [0, 0.1) is 0 Å². The van der Waals surface area contributed by atoms with E-state index in [-0.39, 0.29) is 11.8 Å².